The van der Waals surface area contributed by atoms with E-state index in [-0.39, 0.29) is 29.2 Å². The van der Waals surface area contributed by atoms with Gasteiger partial charge in [-0.25, -0.2) is 0 Å². The molecular formula is C19H26N2O3S. The fourth-order valence-electron chi connectivity index (χ4n) is 3.64. The summed E-state index contributed by atoms with van der Waals surface area (Å²) in [4.78, 5) is 24.0. The lowest BCUT2D eigenvalue weighted by atomic mass is 9.86. The van der Waals surface area contributed by atoms with Crippen molar-refractivity contribution in [3.05, 3.63) is 34.9 Å². The molecule has 0 aliphatic carbocycles. The zero-order valence-electron chi connectivity index (χ0n) is 15.3. The summed E-state index contributed by atoms with van der Waals surface area (Å²) < 4.78 is 1.87. The van der Waals surface area contributed by atoms with Gasteiger partial charge in [-0.05, 0) is 62.8 Å². The third kappa shape index (κ3) is 3.29. The number of nitrogens with one attached hydrogen (secondary N) is 1. The van der Waals surface area contributed by atoms with Gasteiger partial charge in [-0.3, -0.25) is 13.9 Å². The first kappa shape index (κ1) is 18.3. The summed E-state index contributed by atoms with van der Waals surface area (Å²) in [6.07, 6.45) is 1.55. The van der Waals surface area contributed by atoms with Gasteiger partial charge in [0.15, 0.2) is 0 Å². The highest BCUT2D eigenvalue weighted by molar-refractivity contribution is 7.98. The van der Waals surface area contributed by atoms with Crippen molar-refractivity contribution in [1.82, 2.24) is 9.62 Å². The molecule has 0 saturated carbocycles. The number of benzene rings is 1. The van der Waals surface area contributed by atoms with Crippen LogP contribution in [0.2, 0.25) is 0 Å². The minimum absolute atomic E-state index is 0.0199. The number of aliphatic hydroxyl groups is 1. The van der Waals surface area contributed by atoms with Crippen LogP contribution in [0, 0.1) is 6.92 Å². The van der Waals surface area contributed by atoms with E-state index in [0.29, 0.717) is 19.3 Å². The quantitative estimate of drug-likeness (QED) is 0.811. The smallest absolute Gasteiger partial charge is 0.234 e. The van der Waals surface area contributed by atoms with Crippen LogP contribution in [0.3, 0.4) is 0 Å². The molecule has 2 heterocycles. The SMILES string of the molecule is Cc1cc(C2(CO)CCC(=O)N2)ccc1C1CC(=O)N(C(C)(C)C)S1. The molecule has 2 aliphatic rings. The van der Waals surface area contributed by atoms with Crippen molar-refractivity contribution in [2.24, 2.45) is 0 Å². The molecule has 5 nitrogen and oxygen atoms in total. The molecule has 25 heavy (non-hydrogen) atoms. The molecule has 3 rings (SSSR count). The number of carbonyl (C=O) groups excluding carboxylic acids is 2. The molecule has 2 aliphatic heterocycles. The van der Waals surface area contributed by atoms with Crippen LogP contribution in [0.1, 0.15) is 62.0 Å². The van der Waals surface area contributed by atoms with Gasteiger partial charge in [0.2, 0.25) is 11.8 Å². The Hall–Kier alpha value is -1.53. The first-order valence-corrected chi connectivity index (χ1v) is 9.53. The van der Waals surface area contributed by atoms with E-state index < -0.39 is 5.54 Å². The first-order chi connectivity index (χ1) is 11.7. The lowest BCUT2D eigenvalue weighted by Gasteiger charge is -2.31. The normalized spacial score (nSPS) is 27.1. The minimum Gasteiger partial charge on any atom is -0.394 e. The van der Waals surface area contributed by atoms with E-state index in [4.69, 9.17) is 0 Å². The maximum atomic E-state index is 12.4. The summed E-state index contributed by atoms with van der Waals surface area (Å²) >= 11 is 1.60. The molecule has 0 spiro atoms. The molecule has 2 saturated heterocycles. The minimum atomic E-state index is -0.670. The zero-order valence-corrected chi connectivity index (χ0v) is 16.1. The summed E-state index contributed by atoms with van der Waals surface area (Å²) in [5.74, 6) is 0.148. The maximum Gasteiger partial charge on any atom is 0.234 e. The molecule has 6 heteroatoms. The van der Waals surface area contributed by atoms with Crippen LogP contribution in [0.25, 0.3) is 0 Å². The third-order valence-corrected chi connectivity index (χ3v) is 6.66. The molecule has 2 fully saturated rings. The number of carbonyl (C=O) groups is 2. The largest absolute Gasteiger partial charge is 0.394 e. The molecule has 2 amide bonds. The fraction of sp³-hybridized carbons (Fsp3) is 0.579. The van der Waals surface area contributed by atoms with Crippen LogP contribution in [0.5, 0.6) is 0 Å². The second kappa shape index (κ2) is 6.32. The standard InChI is InChI=1S/C19H26N2O3S/c1-12-9-13(19(11-22)8-7-16(23)20-19)5-6-14(12)15-10-17(24)21(25-15)18(2,3)4/h5-6,9,15,22H,7-8,10-11H2,1-4H3,(H,20,23). The summed E-state index contributed by atoms with van der Waals surface area (Å²) in [6, 6.07) is 6.07. The van der Waals surface area contributed by atoms with E-state index in [1.807, 2.05) is 50.2 Å². The Labute approximate surface area is 153 Å². The monoisotopic (exact) mass is 362 g/mol. The Bertz CT molecular complexity index is 713. The van der Waals surface area contributed by atoms with E-state index >= 15 is 0 Å². The van der Waals surface area contributed by atoms with Gasteiger partial charge in [0.1, 0.15) is 0 Å². The number of aryl methyl sites for hydroxylation is 1. The summed E-state index contributed by atoms with van der Waals surface area (Å²) in [7, 11) is 0. The van der Waals surface area contributed by atoms with Crippen molar-refractivity contribution in [3.8, 4) is 0 Å². The van der Waals surface area contributed by atoms with Gasteiger partial charge in [-0.2, -0.15) is 0 Å². The second-order valence-corrected chi connectivity index (χ2v) is 9.16. The Kier molecular flexibility index (Phi) is 4.62. The van der Waals surface area contributed by atoms with Crippen molar-refractivity contribution in [2.45, 2.75) is 63.3 Å². The van der Waals surface area contributed by atoms with Gasteiger partial charge in [-0.1, -0.05) is 18.2 Å². The number of aliphatic hydroxyl groups excluding tert-OH is 1. The van der Waals surface area contributed by atoms with Crippen LogP contribution in [0.4, 0.5) is 0 Å². The summed E-state index contributed by atoms with van der Waals surface area (Å²) in [6.45, 7) is 8.06. The van der Waals surface area contributed by atoms with E-state index in [9.17, 15) is 14.7 Å². The highest BCUT2D eigenvalue weighted by atomic mass is 32.2. The van der Waals surface area contributed by atoms with Gasteiger partial charge in [0, 0.05) is 18.4 Å². The van der Waals surface area contributed by atoms with Crippen LogP contribution in [-0.2, 0) is 15.1 Å². The predicted octanol–water partition coefficient (Wildman–Crippen LogP) is 2.81. The molecule has 2 unspecified atom stereocenters. The van der Waals surface area contributed by atoms with Crippen molar-refractivity contribution >= 4 is 23.8 Å². The predicted molar refractivity (Wildman–Crippen MR) is 98.9 cm³/mol. The number of rotatable bonds is 3. The molecule has 0 bridgehead atoms. The highest BCUT2D eigenvalue weighted by Gasteiger charge is 2.41. The van der Waals surface area contributed by atoms with E-state index in [1.165, 1.54) is 0 Å². The lowest BCUT2D eigenvalue weighted by molar-refractivity contribution is -0.127. The summed E-state index contributed by atoms with van der Waals surface area (Å²) in [5.41, 5.74) is 2.30. The average Bonchev–Trinajstić information content (AvgIpc) is 3.10. The van der Waals surface area contributed by atoms with Crippen LogP contribution in [0.15, 0.2) is 18.2 Å². The molecular weight excluding hydrogens is 336 g/mol. The topological polar surface area (TPSA) is 69.6 Å². The van der Waals surface area contributed by atoms with Crippen LogP contribution < -0.4 is 5.32 Å². The van der Waals surface area contributed by atoms with Crippen molar-refractivity contribution in [2.75, 3.05) is 6.61 Å². The van der Waals surface area contributed by atoms with Crippen LogP contribution in [-0.4, -0.2) is 33.4 Å². The average molecular weight is 362 g/mol. The fourth-order valence-corrected chi connectivity index (χ4v) is 5.00. The van der Waals surface area contributed by atoms with Crippen molar-refractivity contribution in [3.63, 3.8) is 0 Å². The number of nitrogens with zero attached hydrogens (tertiary/aromatic N) is 1. The van der Waals surface area contributed by atoms with Crippen molar-refractivity contribution < 1.29 is 14.7 Å². The number of amides is 2. The Morgan fingerprint density at radius 2 is 2.08 bits per heavy atom. The highest BCUT2D eigenvalue weighted by Crippen LogP contribution is 2.46. The number of hydrogen-bond donors (Lipinski definition) is 2. The van der Waals surface area contributed by atoms with E-state index in [2.05, 4.69) is 5.32 Å². The zero-order chi connectivity index (χ0) is 18.4. The van der Waals surface area contributed by atoms with Crippen molar-refractivity contribution in [1.29, 1.82) is 0 Å². The third-order valence-electron chi connectivity index (χ3n) is 5.03. The van der Waals surface area contributed by atoms with E-state index in [0.717, 1.165) is 16.7 Å². The van der Waals surface area contributed by atoms with Gasteiger partial charge >= 0.3 is 0 Å². The molecule has 2 atom stereocenters. The number of hydrogen-bond acceptors (Lipinski definition) is 4. The molecule has 1 aromatic carbocycles. The molecule has 136 valence electrons. The molecule has 2 N–H and O–H groups in total. The second-order valence-electron chi connectivity index (χ2n) is 8.02. The molecule has 1 aromatic rings. The van der Waals surface area contributed by atoms with Gasteiger partial charge in [-0.15, -0.1) is 0 Å². The van der Waals surface area contributed by atoms with Gasteiger partial charge in [0.25, 0.3) is 0 Å². The lowest BCUT2D eigenvalue weighted by Crippen LogP contribution is -2.42. The van der Waals surface area contributed by atoms with Gasteiger partial charge < -0.3 is 10.4 Å². The van der Waals surface area contributed by atoms with E-state index in [1.54, 1.807) is 11.9 Å². The summed E-state index contributed by atoms with van der Waals surface area (Å²) in [5, 5.41) is 12.9. The Balaban J connectivity index is 1.86. The Morgan fingerprint density at radius 1 is 1.36 bits per heavy atom. The maximum absolute atomic E-state index is 12.4. The first-order valence-electron chi connectivity index (χ1n) is 8.69. The van der Waals surface area contributed by atoms with Crippen LogP contribution >= 0.6 is 11.9 Å². The molecule has 0 radical (unpaired) electrons. The molecule has 0 aromatic heterocycles. The Morgan fingerprint density at radius 3 is 2.56 bits per heavy atom. The van der Waals surface area contributed by atoms with Gasteiger partial charge in [0.05, 0.1) is 17.4 Å².